The molecule has 0 bridgehead atoms. The van der Waals surface area contributed by atoms with Gasteiger partial charge in [0.15, 0.2) is 0 Å². The molecule has 0 aromatic carbocycles. The summed E-state index contributed by atoms with van der Waals surface area (Å²) >= 11 is 0. The van der Waals surface area contributed by atoms with Crippen LogP contribution in [0, 0.1) is 5.92 Å². The van der Waals surface area contributed by atoms with E-state index in [0.717, 1.165) is 19.4 Å². The third-order valence-corrected chi connectivity index (χ3v) is 2.78. The second-order valence-corrected chi connectivity index (χ2v) is 4.04. The number of hydrogen-bond acceptors (Lipinski definition) is 1. The van der Waals surface area contributed by atoms with E-state index in [-0.39, 0.29) is 5.91 Å². The van der Waals surface area contributed by atoms with Gasteiger partial charge in [-0.2, -0.15) is 0 Å². The standard InChI is InChI=1S/C11H19NO/c1-4-11(13)12-8-6-5-7-10(12)9(2)3/h4,9-10H,1,5-8H2,2-3H3. The second-order valence-electron chi connectivity index (χ2n) is 4.04. The lowest BCUT2D eigenvalue weighted by atomic mass is 9.93. The Balaban J connectivity index is 2.66. The van der Waals surface area contributed by atoms with Gasteiger partial charge in [0.05, 0.1) is 0 Å². The summed E-state index contributed by atoms with van der Waals surface area (Å²) < 4.78 is 0. The van der Waals surface area contributed by atoms with E-state index < -0.39 is 0 Å². The lowest BCUT2D eigenvalue weighted by Crippen LogP contribution is -2.45. The number of carbonyl (C=O) groups excluding carboxylic acids is 1. The van der Waals surface area contributed by atoms with Crippen LogP contribution in [0.5, 0.6) is 0 Å². The number of likely N-dealkylation sites (tertiary alicyclic amines) is 1. The molecule has 1 unspecified atom stereocenters. The molecule has 0 aromatic heterocycles. The molecule has 1 aliphatic rings. The Kier molecular flexibility index (Phi) is 3.52. The SMILES string of the molecule is C=CC(=O)N1CCCCC1C(C)C. The number of piperidine rings is 1. The molecule has 0 N–H and O–H groups in total. The maximum Gasteiger partial charge on any atom is 0.246 e. The van der Waals surface area contributed by atoms with Crippen LogP contribution in [0.4, 0.5) is 0 Å². The van der Waals surface area contributed by atoms with E-state index in [1.807, 2.05) is 4.90 Å². The largest absolute Gasteiger partial charge is 0.336 e. The molecule has 1 heterocycles. The highest BCUT2D eigenvalue weighted by molar-refractivity contribution is 5.87. The van der Waals surface area contributed by atoms with Crippen molar-refractivity contribution in [3.05, 3.63) is 12.7 Å². The van der Waals surface area contributed by atoms with Crippen molar-refractivity contribution in [1.29, 1.82) is 0 Å². The van der Waals surface area contributed by atoms with Crippen molar-refractivity contribution in [2.75, 3.05) is 6.54 Å². The summed E-state index contributed by atoms with van der Waals surface area (Å²) in [4.78, 5) is 13.5. The Labute approximate surface area is 80.6 Å². The zero-order valence-corrected chi connectivity index (χ0v) is 8.62. The minimum atomic E-state index is 0.0957. The van der Waals surface area contributed by atoms with Crippen molar-refractivity contribution < 1.29 is 4.79 Å². The second kappa shape index (κ2) is 4.45. The maximum atomic E-state index is 11.5. The van der Waals surface area contributed by atoms with Crippen molar-refractivity contribution in [3.8, 4) is 0 Å². The fourth-order valence-corrected chi connectivity index (χ4v) is 2.04. The van der Waals surface area contributed by atoms with Crippen molar-refractivity contribution in [2.24, 2.45) is 5.92 Å². The Morgan fingerprint density at radius 1 is 1.54 bits per heavy atom. The van der Waals surface area contributed by atoms with Gasteiger partial charge in [0.2, 0.25) is 5.91 Å². The van der Waals surface area contributed by atoms with Gasteiger partial charge >= 0.3 is 0 Å². The number of carbonyl (C=O) groups is 1. The summed E-state index contributed by atoms with van der Waals surface area (Å²) in [5.41, 5.74) is 0. The van der Waals surface area contributed by atoms with Crippen molar-refractivity contribution in [2.45, 2.75) is 39.2 Å². The minimum absolute atomic E-state index is 0.0957. The fraction of sp³-hybridized carbons (Fsp3) is 0.727. The van der Waals surface area contributed by atoms with E-state index in [1.165, 1.54) is 12.5 Å². The van der Waals surface area contributed by atoms with Gasteiger partial charge in [0, 0.05) is 12.6 Å². The van der Waals surface area contributed by atoms with Crippen molar-refractivity contribution in [1.82, 2.24) is 4.90 Å². The Morgan fingerprint density at radius 3 is 2.77 bits per heavy atom. The van der Waals surface area contributed by atoms with Crippen LogP contribution in [-0.4, -0.2) is 23.4 Å². The third kappa shape index (κ3) is 2.33. The monoisotopic (exact) mass is 181 g/mol. The lowest BCUT2D eigenvalue weighted by Gasteiger charge is -2.37. The maximum absolute atomic E-state index is 11.5. The minimum Gasteiger partial charge on any atom is -0.336 e. The number of amides is 1. The molecular formula is C11H19NO. The molecule has 74 valence electrons. The smallest absolute Gasteiger partial charge is 0.246 e. The summed E-state index contributed by atoms with van der Waals surface area (Å²) in [5.74, 6) is 0.655. The van der Waals surface area contributed by atoms with Crippen LogP contribution in [0.3, 0.4) is 0 Å². The Morgan fingerprint density at radius 2 is 2.23 bits per heavy atom. The average molecular weight is 181 g/mol. The van der Waals surface area contributed by atoms with Gasteiger partial charge in [-0.3, -0.25) is 4.79 Å². The van der Waals surface area contributed by atoms with Crippen LogP contribution in [0.15, 0.2) is 12.7 Å². The predicted molar refractivity (Wildman–Crippen MR) is 54.4 cm³/mol. The highest BCUT2D eigenvalue weighted by Gasteiger charge is 2.26. The van der Waals surface area contributed by atoms with Gasteiger partial charge in [-0.1, -0.05) is 20.4 Å². The van der Waals surface area contributed by atoms with Crippen LogP contribution in [0.2, 0.25) is 0 Å². The third-order valence-electron chi connectivity index (χ3n) is 2.78. The zero-order valence-electron chi connectivity index (χ0n) is 8.62. The normalized spacial score (nSPS) is 23.3. The van der Waals surface area contributed by atoms with Gasteiger partial charge in [-0.15, -0.1) is 0 Å². The fourth-order valence-electron chi connectivity index (χ4n) is 2.04. The quantitative estimate of drug-likeness (QED) is 0.598. The predicted octanol–water partition coefficient (Wildman–Crippen LogP) is 2.21. The van der Waals surface area contributed by atoms with Gasteiger partial charge < -0.3 is 4.90 Å². The van der Waals surface area contributed by atoms with Gasteiger partial charge in [-0.05, 0) is 31.3 Å². The summed E-state index contributed by atoms with van der Waals surface area (Å²) in [5, 5.41) is 0. The molecule has 0 radical (unpaired) electrons. The lowest BCUT2D eigenvalue weighted by molar-refractivity contribution is -0.130. The highest BCUT2D eigenvalue weighted by Crippen LogP contribution is 2.23. The first-order valence-electron chi connectivity index (χ1n) is 5.10. The molecule has 0 spiro atoms. The molecular weight excluding hydrogens is 162 g/mol. The highest BCUT2D eigenvalue weighted by atomic mass is 16.2. The zero-order chi connectivity index (χ0) is 9.84. The molecule has 2 nitrogen and oxygen atoms in total. The van der Waals surface area contributed by atoms with E-state index in [0.29, 0.717) is 12.0 Å². The van der Waals surface area contributed by atoms with Crippen LogP contribution in [-0.2, 0) is 4.79 Å². The van der Waals surface area contributed by atoms with Gasteiger partial charge in [-0.25, -0.2) is 0 Å². The molecule has 2 heteroatoms. The summed E-state index contributed by atoms with van der Waals surface area (Å²) in [6, 6.07) is 0.430. The van der Waals surface area contributed by atoms with Gasteiger partial charge in [0.1, 0.15) is 0 Å². The molecule has 1 saturated heterocycles. The number of nitrogens with zero attached hydrogens (tertiary/aromatic N) is 1. The van der Waals surface area contributed by atoms with E-state index in [4.69, 9.17) is 0 Å². The summed E-state index contributed by atoms with van der Waals surface area (Å²) in [6.45, 7) is 8.81. The summed E-state index contributed by atoms with van der Waals surface area (Å²) in [6.07, 6.45) is 4.98. The van der Waals surface area contributed by atoms with E-state index in [9.17, 15) is 4.79 Å². The Bertz CT molecular complexity index is 198. The van der Waals surface area contributed by atoms with Gasteiger partial charge in [0.25, 0.3) is 0 Å². The van der Waals surface area contributed by atoms with Crippen molar-refractivity contribution >= 4 is 5.91 Å². The average Bonchev–Trinajstić information content (AvgIpc) is 2.16. The first-order chi connectivity index (χ1) is 6.16. The topological polar surface area (TPSA) is 20.3 Å². The molecule has 1 rings (SSSR count). The van der Waals surface area contributed by atoms with Crippen LogP contribution < -0.4 is 0 Å². The number of hydrogen-bond donors (Lipinski definition) is 0. The Hall–Kier alpha value is -0.790. The molecule has 1 aliphatic heterocycles. The molecule has 1 atom stereocenters. The summed E-state index contributed by atoms with van der Waals surface area (Å²) in [7, 11) is 0. The van der Waals surface area contributed by atoms with E-state index >= 15 is 0 Å². The van der Waals surface area contributed by atoms with Crippen LogP contribution in [0.25, 0.3) is 0 Å². The van der Waals surface area contributed by atoms with E-state index in [1.54, 1.807) is 0 Å². The van der Waals surface area contributed by atoms with Crippen LogP contribution in [0.1, 0.15) is 33.1 Å². The first-order valence-corrected chi connectivity index (χ1v) is 5.10. The molecule has 0 aliphatic carbocycles. The van der Waals surface area contributed by atoms with E-state index in [2.05, 4.69) is 20.4 Å². The molecule has 13 heavy (non-hydrogen) atoms. The first kappa shape index (κ1) is 10.3. The molecule has 1 fully saturated rings. The number of rotatable bonds is 2. The molecule has 1 amide bonds. The van der Waals surface area contributed by atoms with Crippen molar-refractivity contribution in [3.63, 3.8) is 0 Å². The molecule has 0 aromatic rings. The van der Waals surface area contributed by atoms with Crippen LogP contribution >= 0.6 is 0 Å². The molecule has 0 saturated carbocycles.